The van der Waals surface area contributed by atoms with Gasteiger partial charge >= 0.3 is 0 Å². The number of hydrogen-bond acceptors (Lipinski definition) is 4. The topological polar surface area (TPSA) is 44.9 Å². The fourth-order valence-corrected chi connectivity index (χ4v) is 8.77. The molecule has 4 aromatic rings. The highest BCUT2D eigenvalue weighted by Crippen LogP contribution is 2.50. The van der Waals surface area contributed by atoms with Gasteiger partial charge in [-0.1, -0.05) is 165 Å². The number of nitrogens with zero attached hydrogens (tertiary/aromatic N) is 3. The summed E-state index contributed by atoms with van der Waals surface area (Å²) in [5.74, 6) is 7.81. The SMILES string of the molecule is CC(/C(=C1/c2ccccc2C(C2=CC=C(C3N=C4C=CC=CC4N3c3ccccc3)CC2)=C(C2C=CC=CC2)N1N)c1ccccc1)c1ccccc1. The van der Waals surface area contributed by atoms with Gasteiger partial charge in [0.2, 0.25) is 0 Å². The number of benzene rings is 4. The van der Waals surface area contributed by atoms with Crippen LogP contribution in [0.15, 0.2) is 198 Å². The summed E-state index contributed by atoms with van der Waals surface area (Å²) in [5.41, 5.74) is 14.5. The van der Waals surface area contributed by atoms with Crippen molar-refractivity contribution in [1.29, 1.82) is 0 Å². The van der Waals surface area contributed by atoms with Crippen molar-refractivity contribution in [1.82, 2.24) is 5.01 Å². The lowest BCUT2D eigenvalue weighted by atomic mass is 9.76. The van der Waals surface area contributed by atoms with Gasteiger partial charge in [-0.15, -0.1) is 0 Å². The molecule has 0 spiro atoms. The largest absolute Gasteiger partial charge is 0.334 e. The molecule has 4 nitrogen and oxygen atoms in total. The molecule has 4 aromatic carbocycles. The number of aliphatic imine (C=N–C) groups is 1. The fourth-order valence-electron chi connectivity index (χ4n) is 8.77. The third-order valence-electron chi connectivity index (χ3n) is 11.3. The smallest absolute Gasteiger partial charge is 0.144 e. The zero-order valence-corrected chi connectivity index (χ0v) is 30.1. The minimum Gasteiger partial charge on any atom is -0.334 e. The normalized spacial score (nSPS) is 23.3. The average Bonchev–Trinajstić information content (AvgIpc) is 3.62. The molecule has 2 N–H and O–H groups in total. The van der Waals surface area contributed by atoms with Crippen LogP contribution in [-0.2, 0) is 0 Å². The number of para-hydroxylation sites is 1. The second kappa shape index (κ2) is 14.2. The van der Waals surface area contributed by atoms with Crippen molar-refractivity contribution in [3.63, 3.8) is 0 Å². The molecule has 2 heterocycles. The fraction of sp³-hybridized carbons (Fsp3) is 0.163. The minimum absolute atomic E-state index is 0.0467. The molecule has 0 fully saturated rings. The van der Waals surface area contributed by atoms with Crippen molar-refractivity contribution in [3.05, 3.63) is 215 Å². The summed E-state index contributed by atoms with van der Waals surface area (Å²) in [7, 11) is 0. The van der Waals surface area contributed by atoms with E-state index in [2.05, 4.69) is 193 Å². The minimum atomic E-state index is -0.0467. The van der Waals surface area contributed by atoms with E-state index in [1.807, 2.05) is 0 Å². The molecule has 0 amide bonds. The monoisotopic (exact) mass is 688 g/mol. The van der Waals surface area contributed by atoms with Crippen LogP contribution in [0.4, 0.5) is 5.69 Å². The molecule has 53 heavy (non-hydrogen) atoms. The Kier molecular flexibility index (Phi) is 8.83. The van der Waals surface area contributed by atoms with Crippen LogP contribution in [-0.4, -0.2) is 22.9 Å². The van der Waals surface area contributed by atoms with Crippen molar-refractivity contribution in [2.45, 2.75) is 44.3 Å². The summed E-state index contributed by atoms with van der Waals surface area (Å²) in [6, 6.07) is 41.4. The van der Waals surface area contributed by atoms with E-state index in [9.17, 15) is 0 Å². The maximum atomic E-state index is 7.58. The second-order valence-corrected chi connectivity index (χ2v) is 14.4. The van der Waals surface area contributed by atoms with Gasteiger partial charge in [-0.2, -0.15) is 0 Å². The van der Waals surface area contributed by atoms with Gasteiger partial charge in [-0.05, 0) is 70.9 Å². The summed E-state index contributed by atoms with van der Waals surface area (Å²) in [6.07, 6.45) is 25.0. The average molecular weight is 689 g/mol. The highest BCUT2D eigenvalue weighted by Gasteiger charge is 2.39. The second-order valence-electron chi connectivity index (χ2n) is 14.4. The zero-order valence-electron chi connectivity index (χ0n) is 30.1. The van der Waals surface area contributed by atoms with Crippen molar-refractivity contribution in [2.75, 3.05) is 4.90 Å². The number of rotatable bonds is 7. The van der Waals surface area contributed by atoms with Gasteiger partial charge in [-0.25, -0.2) is 5.84 Å². The molecule has 9 rings (SSSR count). The maximum absolute atomic E-state index is 7.58. The van der Waals surface area contributed by atoms with Crippen molar-refractivity contribution >= 4 is 28.2 Å². The lowest BCUT2D eigenvalue weighted by Crippen LogP contribution is -2.40. The van der Waals surface area contributed by atoms with Gasteiger partial charge in [0.1, 0.15) is 6.17 Å². The first kappa shape index (κ1) is 32.9. The van der Waals surface area contributed by atoms with Crippen LogP contribution in [0.5, 0.6) is 0 Å². The van der Waals surface area contributed by atoms with Crippen LogP contribution in [0.2, 0.25) is 0 Å². The van der Waals surface area contributed by atoms with E-state index in [0.29, 0.717) is 0 Å². The number of hydrogen-bond donors (Lipinski definition) is 1. The Morgan fingerprint density at radius 3 is 2.15 bits per heavy atom. The Morgan fingerprint density at radius 2 is 1.43 bits per heavy atom. The van der Waals surface area contributed by atoms with Crippen LogP contribution in [0, 0.1) is 5.92 Å². The van der Waals surface area contributed by atoms with E-state index in [1.165, 1.54) is 50.2 Å². The highest BCUT2D eigenvalue weighted by molar-refractivity contribution is 6.06. The predicted octanol–water partition coefficient (Wildman–Crippen LogP) is 10.8. The summed E-state index contributed by atoms with van der Waals surface area (Å²) >= 11 is 0. The molecule has 0 aromatic heterocycles. The molecule has 0 radical (unpaired) electrons. The summed E-state index contributed by atoms with van der Waals surface area (Å²) < 4.78 is 0. The molecule has 2 aliphatic heterocycles. The van der Waals surface area contributed by atoms with Gasteiger partial charge in [0.25, 0.3) is 0 Å². The number of hydrazine groups is 1. The Bertz CT molecular complexity index is 2300. The summed E-state index contributed by atoms with van der Waals surface area (Å²) in [5, 5.41) is 2.05. The van der Waals surface area contributed by atoms with E-state index < -0.39 is 0 Å². The molecule has 0 saturated heterocycles. The van der Waals surface area contributed by atoms with E-state index in [-0.39, 0.29) is 24.0 Å². The summed E-state index contributed by atoms with van der Waals surface area (Å²) in [4.78, 5) is 7.78. The van der Waals surface area contributed by atoms with E-state index >= 15 is 0 Å². The molecule has 260 valence electrons. The van der Waals surface area contributed by atoms with E-state index in [0.717, 1.165) is 36.4 Å². The van der Waals surface area contributed by atoms with Crippen LogP contribution in [0.1, 0.15) is 54.4 Å². The highest BCUT2D eigenvalue weighted by atomic mass is 15.4. The Morgan fingerprint density at radius 1 is 0.736 bits per heavy atom. The summed E-state index contributed by atoms with van der Waals surface area (Å²) in [6.45, 7) is 2.31. The Labute approximate surface area is 313 Å². The molecule has 4 atom stereocenters. The molecular formula is C49H44N4. The first-order valence-electron chi connectivity index (χ1n) is 18.9. The molecule has 0 bridgehead atoms. The van der Waals surface area contributed by atoms with Gasteiger partial charge in [0.15, 0.2) is 0 Å². The predicted molar refractivity (Wildman–Crippen MR) is 222 cm³/mol. The van der Waals surface area contributed by atoms with Crippen LogP contribution in [0.25, 0.3) is 16.8 Å². The number of anilines is 1. The van der Waals surface area contributed by atoms with Crippen molar-refractivity contribution < 1.29 is 0 Å². The number of nitrogens with two attached hydrogens (primary N) is 1. The molecular weight excluding hydrogens is 645 g/mol. The van der Waals surface area contributed by atoms with Crippen LogP contribution < -0.4 is 10.7 Å². The quantitative estimate of drug-likeness (QED) is 0.197. The van der Waals surface area contributed by atoms with Crippen molar-refractivity contribution in [2.24, 2.45) is 16.8 Å². The number of fused-ring (bicyclic) bond motifs is 2. The van der Waals surface area contributed by atoms with Gasteiger partial charge in [-0.3, -0.25) is 10.0 Å². The first-order valence-corrected chi connectivity index (χ1v) is 18.9. The van der Waals surface area contributed by atoms with E-state index in [4.69, 9.17) is 10.8 Å². The third kappa shape index (κ3) is 5.99. The molecule has 4 heteroatoms. The van der Waals surface area contributed by atoms with Crippen LogP contribution in [0.3, 0.4) is 0 Å². The van der Waals surface area contributed by atoms with Crippen molar-refractivity contribution in [3.8, 4) is 0 Å². The van der Waals surface area contributed by atoms with Gasteiger partial charge in [0.05, 0.1) is 23.1 Å². The number of allylic oxidation sites excluding steroid dienone is 11. The lowest BCUT2D eigenvalue weighted by Gasteiger charge is -2.40. The van der Waals surface area contributed by atoms with Gasteiger partial charge in [0, 0.05) is 28.7 Å². The molecule has 5 aliphatic rings. The van der Waals surface area contributed by atoms with Gasteiger partial charge < -0.3 is 4.90 Å². The van der Waals surface area contributed by atoms with Crippen LogP contribution >= 0.6 is 0 Å². The first-order chi connectivity index (χ1) is 26.2. The lowest BCUT2D eigenvalue weighted by molar-refractivity contribution is 0.454. The third-order valence-corrected chi connectivity index (χ3v) is 11.3. The molecule has 4 unspecified atom stereocenters. The maximum Gasteiger partial charge on any atom is 0.144 e. The Balaban J connectivity index is 1.21. The van der Waals surface area contributed by atoms with E-state index in [1.54, 1.807) is 0 Å². The Hall–Kier alpha value is -5.97. The molecule has 0 saturated carbocycles. The molecule has 3 aliphatic carbocycles. The zero-order chi connectivity index (χ0) is 35.7. The standard InChI is InChI=1S/C49H44N4/c1-34(35-18-6-2-7-19-35)45(36-20-8-3-9-21-36)48-42-27-15-14-26-41(42)46(47(53(48)50)38-22-10-4-11-23-38)37-30-32-39(33-31-37)49-51-43-28-16-17-29-44(43)52(49)40-24-12-5-13-25-40/h2-22,24-30,32,34,38,44,49H,23,31,33,50H2,1H3/b48-45+.